The van der Waals surface area contributed by atoms with Gasteiger partial charge in [0, 0.05) is 11.6 Å². The average molecular weight is 234 g/mol. The highest BCUT2D eigenvalue weighted by atomic mass is 16.2. The van der Waals surface area contributed by atoms with Gasteiger partial charge < -0.3 is 0 Å². The van der Waals surface area contributed by atoms with Crippen molar-refractivity contribution in [3.63, 3.8) is 0 Å². The summed E-state index contributed by atoms with van der Waals surface area (Å²) >= 11 is 0. The summed E-state index contributed by atoms with van der Waals surface area (Å²) in [5, 5.41) is 0. The molecule has 1 amide bonds. The molecule has 94 valence electrons. The first-order chi connectivity index (χ1) is 7.80. The molecule has 0 aromatic heterocycles. The molecule has 3 heteroatoms. The first-order valence-electron chi connectivity index (χ1n) is 5.93. The van der Waals surface area contributed by atoms with Crippen LogP contribution in [0.2, 0.25) is 0 Å². The Balaban J connectivity index is 2.53. The molecule has 0 aliphatic carbocycles. The third kappa shape index (κ3) is 4.19. The number of aryl methyl sites for hydroxylation is 1. The fourth-order valence-corrected chi connectivity index (χ4v) is 1.17. The molecule has 1 rings (SSSR count). The standard InChI is InChI=1S/C14H22N2O/c1-10-6-8-12(9-7-10)13(17)16-15-11(2)14(3,4)5/h6-9,11,15H,1-5H3,(H,16,17). The average Bonchev–Trinajstić information content (AvgIpc) is 2.25. The fourth-order valence-electron chi connectivity index (χ4n) is 1.17. The predicted octanol–water partition coefficient (Wildman–Crippen LogP) is 2.66. The minimum Gasteiger partial charge on any atom is -0.287 e. The number of nitrogens with one attached hydrogen (secondary N) is 2. The van der Waals surface area contributed by atoms with Crippen molar-refractivity contribution < 1.29 is 4.79 Å². The monoisotopic (exact) mass is 234 g/mol. The van der Waals surface area contributed by atoms with Gasteiger partial charge >= 0.3 is 0 Å². The van der Waals surface area contributed by atoms with Gasteiger partial charge in [-0.3, -0.25) is 10.2 Å². The molecule has 0 bridgehead atoms. The van der Waals surface area contributed by atoms with E-state index in [1.807, 2.05) is 31.2 Å². The van der Waals surface area contributed by atoms with E-state index in [-0.39, 0.29) is 17.4 Å². The SMILES string of the molecule is Cc1ccc(C(=O)NNC(C)C(C)(C)C)cc1. The summed E-state index contributed by atoms with van der Waals surface area (Å²) in [4.78, 5) is 11.8. The van der Waals surface area contributed by atoms with Crippen LogP contribution in [0.25, 0.3) is 0 Å². The van der Waals surface area contributed by atoms with E-state index in [1.54, 1.807) is 0 Å². The van der Waals surface area contributed by atoms with Crippen LogP contribution in [0.4, 0.5) is 0 Å². The highest BCUT2D eigenvalue weighted by molar-refractivity contribution is 5.93. The van der Waals surface area contributed by atoms with E-state index < -0.39 is 0 Å². The highest BCUT2D eigenvalue weighted by Crippen LogP contribution is 2.17. The predicted molar refractivity (Wildman–Crippen MR) is 70.7 cm³/mol. The summed E-state index contributed by atoms with van der Waals surface area (Å²) in [6, 6.07) is 7.73. The lowest BCUT2D eigenvalue weighted by Gasteiger charge is -2.28. The third-order valence-corrected chi connectivity index (χ3v) is 3.01. The Morgan fingerprint density at radius 2 is 1.71 bits per heavy atom. The van der Waals surface area contributed by atoms with Gasteiger partial charge in [0.15, 0.2) is 0 Å². The third-order valence-electron chi connectivity index (χ3n) is 3.01. The summed E-state index contributed by atoms with van der Waals surface area (Å²) in [6.07, 6.45) is 0. The summed E-state index contributed by atoms with van der Waals surface area (Å²) in [5.41, 5.74) is 7.70. The largest absolute Gasteiger partial charge is 0.287 e. The topological polar surface area (TPSA) is 41.1 Å². The molecule has 0 aliphatic heterocycles. The lowest BCUT2D eigenvalue weighted by molar-refractivity contribution is 0.0911. The first-order valence-corrected chi connectivity index (χ1v) is 5.93. The molecule has 0 aliphatic rings. The smallest absolute Gasteiger partial charge is 0.265 e. The lowest BCUT2D eigenvalue weighted by Crippen LogP contribution is -2.48. The first kappa shape index (κ1) is 13.7. The molecule has 17 heavy (non-hydrogen) atoms. The van der Waals surface area contributed by atoms with Crippen LogP contribution in [0, 0.1) is 12.3 Å². The second-order valence-corrected chi connectivity index (χ2v) is 5.55. The number of hydrogen-bond acceptors (Lipinski definition) is 2. The van der Waals surface area contributed by atoms with Gasteiger partial charge in [0.25, 0.3) is 5.91 Å². The molecule has 3 nitrogen and oxygen atoms in total. The summed E-state index contributed by atoms with van der Waals surface area (Å²) in [6.45, 7) is 10.4. The summed E-state index contributed by atoms with van der Waals surface area (Å²) < 4.78 is 0. The minimum absolute atomic E-state index is 0.0962. The van der Waals surface area contributed by atoms with E-state index in [4.69, 9.17) is 0 Å². The Morgan fingerprint density at radius 1 is 1.18 bits per heavy atom. The number of benzene rings is 1. The molecule has 0 heterocycles. The van der Waals surface area contributed by atoms with Crippen molar-refractivity contribution in [2.75, 3.05) is 0 Å². The molecule has 0 saturated carbocycles. The van der Waals surface area contributed by atoms with Crippen LogP contribution in [0.3, 0.4) is 0 Å². The molecule has 1 atom stereocenters. The molecule has 0 fully saturated rings. The lowest BCUT2D eigenvalue weighted by atomic mass is 9.89. The number of hydrogen-bond donors (Lipinski definition) is 2. The van der Waals surface area contributed by atoms with Crippen molar-refractivity contribution >= 4 is 5.91 Å². The van der Waals surface area contributed by atoms with Crippen molar-refractivity contribution in [3.05, 3.63) is 35.4 Å². The van der Waals surface area contributed by atoms with Crippen molar-refractivity contribution in [3.8, 4) is 0 Å². The summed E-state index contributed by atoms with van der Waals surface area (Å²) in [7, 11) is 0. The molecule has 2 N–H and O–H groups in total. The molecule has 0 radical (unpaired) electrons. The highest BCUT2D eigenvalue weighted by Gasteiger charge is 2.20. The fraction of sp³-hybridized carbons (Fsp3) is 0.500. The van der Waals surface area contributed by atoms with E-state index in [9.17, 15) is 4.79 Å². The zero-order valence-electron chi connectivity index (χ0n) is 11.3. The normalized spacial score (nSPS) is 13.2. The van der Waals surface area contributed by atoms with Gasteiger partial charge in [0.2, 0.25) is 0 Å². The molecule has 0 spiro atoms. The van der Waals surface area contributed by atoms with E-state index in [0.29, 0.717) is 5.56 Å². The number of amides is 1. The Kier molecular flexibility index (Phi) is 4.29. The molecule has 0 saturated heterocycles. The van der Waals surface area contributed by atoms with E-state index in [0.717, 1.165) is 5.56 Å². The van der Waals surface area contributed by atoms with Crippen molar-refractivity contribution in [1.29, 1.82) is 0 Å². The van der Waals surface area contributed by atoms with E-state index in [2.05, 4.69) is 38.5 Å². The Bertz CT molecular complexity index is 376. The number of carbonyl (C=O) groups is 1. The Morgan fingerprint density at radius 3 is 2.18 bits per heavy atom. The van der Waals surface area contributed by atoms with Crippen molar-refractivity contribution in [2.45, 2.75) is 40.7 Å². The van der Waals surface area contributed by atoms with Gasteiger partial charge in [0.1, 0.15) is 0 Å². The second-order valence-electron chi connectivity index (χ2n) is 5.55. The van der Waals surface area contributed by atoms with Crippen LogP contribution in [0.1, 0.15) is 43.6 Å². The Hall–Kier alpha value is -1.35. The van der Waals surface area contributed by atoms with Gasteiger partial charge in [-0.05, 0) is 31.4 Å². The van der Waals surface area contributed by atoms with Gasteiger partial charge in [-0.2, -0.15) is 0 Å². The van der Waals surface area contributed by atoms with Crippen LogP contribution >= 0.6 is 0 Å². The van der Waals surface area contributed by atoms with Gasteiger partial charge in [0.05, 0.1) is 0 Å². The van der Waals surface area contributed by atoms with E-state index in [1.165, 1.54) is 0 Å². The van der Waals surface area contributed by atoms with Crippen LogP contribution in [-0.2, 0) is 0 Å². The molecule has 1 aromatic carbocycles. The maximum Gasteiger partial charge on any atom is 0.265 e. The summed E-state index contributed by atoms with van der Waals surface area (Å²) in [5.74, 6) is -0.0962. The number of carbonyl (C=O) groups excluding carboxylic acids is 1. The second kappa shape index (κ2) is 5.32. The van der Waals surface area contributed by atoms with Crippen molar-refractivity contribution in [2.24, 2.45) is 5.41 Å². The van der Waals surface area contributed by atoms with Gasteiger partial charge in [-0.15, -0.1) is 0 Å². The molecular formula is C14H22N2O. The number of rotatable bonds is 3. The van der Waals surface area contributed by atoms with Crippen molar-refractivity contribution in [1.82, 2.24) is 10.9 Å². The molecule has 1 aromatic rings. The maximum atomic E-state index is 11.8. The van der Waals surface area contributed by atoms with Gasteiger partial charge in [-0.1, -0.05) is 38.5 Å². The van der Waals surface area contributed by atoms with E-state index >= 15 is 0 Å². The van der Waals surface area contributed by atoms with Crippen LogP contribution in [-0.4, -0.2) is 11.9 Å². The zero-order valence-corrected chi connectivity index (χ0v) is 11.3. The minimum atomic E-state index is -0.0962. The quantitative estimate of drug-likeness (QED) is 0.789. The Labute approximate surface area is 104 Å². The van der Waals surface area contributed by atoms with Crippen LogP contribution in [0.5, 0.6) is 0 Å². The van der Waals surface area contributed by atoms with Gasteiger partial charge in [-0.25, -0.2) is 5.43 Å². The van der Waals surface area contributed by atoms with Crippen LogP contribution in [0.15, 0.2) is 24.3 Å². The molecular weight excluding hydrogens is 212 g/mol. The molecule has 1 unspecified atom stereocenters. The van der Waals surface area contributed by atoms with Crippen LogP contribution < -0.4 is 10.9 Å². The number of hydrazine groups is 1. The maximum absolute atomic E-state index is 11.8. The zero-order chi connectivity index (χ0) is 13.1.